The molecule has 5 aliphatic heterocycles. The molecule has 19 heteroatoms. The Labute approximate surface area is 512 Å². The number of aryl methyl sites for hydroxylation is 2. The van der Waals surface area contributed by atoms with Crippen molar-refractivity contribution in [3.63, 3.8) is 0 Å². The summed E-state index contributed by atoms with van der Waals surface area (Å²) in [6, 6.07) is 45.7. The van der Waals surface area contributed by atoms with Crippen LogP contribution in [0.25, 0.3) is 21.5 Å². The van der Waals surface area contributed by atoms with E-state index in [2.05, 4.69) is 116 Å². The molecule has 1 unspecified atom stereocenters. The fraction of sp³-hybridized carbons (Fsp3) is 0.382. The normalized spacial score (nSPS) is 16.6. The van der Waals surface area contributed by atoms with Crippen molar-refractivity contribution in [2.45, 2.75) is 64.6 Å². The van der Waals surface area contributed by atoms with Gasteiger partial charge in [0.15, 0.2) is 0 Å². The molecule has 87 heavy (non-hydrogen) atoms. The van der Waals surface area contributed by atoms with E-state index in [9.17, 15) is 13.8 Å². The number of hydrogen-bond acceptors (Lipinski definition) is 16. The van der Waals surface area contributed by atoms with Crippen LogP contribution in [-0.4, -0.2) is 162 Å². The average Bonchev–Trinajstić information content (AvgIpc) is 2.02. The van der Waals surface area contributed by atoms with E-state index in [4.69, 9.17) is 34.1 Å². The highest BCUT2D eigenvalue weighted by Crippen LogP contribution is 2.37. The van der Waals surface area contributed by atoms with Gasteiger partial charge in [0, 0.05) is 125 Å². The van der Waals surface area contributed by atoms with Gasteiger partial charge >= 0.3 is 12.2 Å². The van der Waals surface area contributed by atoms with E-state index in [1.54, 1.807) is 11.2 Å². The molecule has 2 amide bonds. The average molecular weight is 1190 g/mol. The number of piperazine rings is 2. The molecule has 3 saturated heterocycles. The second-order valence-electron chi connectivity index (χ2n) is 23.1. The number of anilines is 5. The summed E-state index contributed by atoms with van der Waals surface area (Å²) in [5.41, 5.74) is 11.2. The van der Waals surface area contributed by atoms with Crippen LogP contribution in [0.1, 0.15) is 51.2 Å². The van der Waals surface area contributed by atoms with Crippen LogP contribution in [0.5, 0.6) is 0 Å². The zero-order valence-corrected chi connectivity index (χ0v) is 51.1. The molecule has 0 bridgehead atoms. The molecular weight excluding hydrogens is 1110 g/mol. The Morgan fingerprint density at radius 1 is 0.540 bits per heavy atom. The lowest BCUT2D eigenvalue weighted by molar-refractivity contribution is 0.0378. The summed E-state index contributed by atoms with van der Waals surface area (Å²) in [6.45, 7) is 18.3. The molecule has 452 valence electrons. The number of hydrogen-bond donors (Lipinski definition) is 1. The lowest BCUT2D eigenvalue weighted by Gasteiger charge is -2.38. The molecule has 8 aromatic rings. The first kappa shape index (κ1) is 59.0. The number of amides is 2. The minimum atomic E-state index is -1.31. The van der Waals surface area contributed by atoms with Crippen LogP contribution in [0.3, 0.4) is 0 Å². The predicted octanol–water partition coefficient (Wildman–Crippen LogP) is 9.79. The number of aromatic nitrogens is 4. The van der Waals surface area contributed by atoms with Crippen LogP contribution in [0, 0.1) is 13.8 Å². The third-order valence-electron chi connectivity index (χ3n) is 17.1. The fourth-order valence-corrected chi connectivity index (χ4v) is 12.9. The molecule has 2 aromatic heterocycles. The van der Waals surface area contributed by atoms with Gasteiger partial charge in [-0.1, -0.05) is 121 Å². The lowest BCUT2D eigenvalue weighted by atomic mass is 10.0. The number of carbonyl (C=O) groups is 2. The molecule has 18 nitrogen and oxygen atoms in total. The van der Waals surface area contributed by atoms with E-state index >= 15 is 0 Å². The fourth-order valence-electron chi connectivity index (χ4n) is 12.5. The number of carbonyl (C=O) groups excluding carboxylic acids is 2. The Bertz CT molecular complexity index is 3730. The second-order valence-corrected chi connectivity index (χ2v) is 24.4. The maximum Gasteiger partial charge on any atom is 0.410 e. The molecule has 5 aliphatic rings. The molecule has 0 aliphatic carbocycles. The van der Waals surface area contributed by atoms with Crippen molar-refractivity contribution in [3.05, 3.63) is 178 Å². The zero-order valence-electron chi connectivity index (χ0n) is 50.2. The summed E-state index contributed by atoms with van der Waals surface area (Å²) >= 11 is 0. The van der Waals surface area contributed by atoms with Gasteiger partial charge in [-0.05, 0) is 84.8 Å². The number of nitrogens with one attached hydrogen (secondary N) is 1. The van der Waals surface area contributed by atoms with Crippen LogP contribution in [0.4, 0.5) is 38.5 Å². The van der Waals surface area contributed by atoms with Crippen molar-refractivity contribution in [2.75, 3.05) is 136 Å². The topological polar surface area (TPSA) is 165 Å². The predicted molar refractivity (Wildman–Crippen MR) is 344 cm³/mol. The third-order valence-corrected chi connectivity index (χ3v) is 17.8. The van der Waals surface area contributed by atoms with Crippen molar-refractivity contribution in [1.29, 1.82) is 0 Å². The highest BCUT2D eigenvalue weighted by Gasteiger charge is 2.32. The highest BCUT2D eigenvalue weighted by atomic mass is 32.2. The van der Waals surface area contributed by atoms with Crippen molar-refractivity contribution in [2.24, 2.45) is 0 Å². The van der Waals surface area contributed by atoms with Gasteiger partial charge in [-0.2, -0.15) is 4.98 Å². The van der Waals surface area contributed by atoms with Gasteiger partial charge in [-0.25, -0.2) is 24.5 Å². The van der Waals surface area contributed by atoms with Crippen LogP contribution in [0.15, 0.2) is 139 Å². The van der Waals surface area contributed by atoms with Crippen molar-refractivity contribution < 1.29 is 28.0 Å². The summed E-state index contributed by atoms with van der Waals surface area (Å²) in [5, 5.41) is 8.89. The Hall–Kier alpha value is -8.39. The minimum absolute atomic E-state index is 0.262. The Morgan fingerprint density at radius 3 is 1.52 bits per heavy atom. The van der Waals surface area contributed by atoms with Crippen LogP contribution < -0.4 is 24.9 Å². The lowest BCUT2D eigenvalue weighted by Crippen LogP contribution is -2.49. The standard InChI is InChI=1S/C37H45N7O3.C31H33N5O3S/c1-28-24-30-10-5-6-11-31(30)34(25-28)44-15-12-32-33(26-44)39-36(38-13-7-14-41-20-22-46-23-21-41)40-35(32)42-16-18-43(19-17-42)37(45)47-27-29-8-3-2-4-9-29;1-22-18-24-10-6-7-11-25(24)28(19-22)36-13-12-26-27(20-36)32-30(40(2)38)33-29(26)34-14-16-35(17-15-34)31(37)39-21-23-8-4-3-5-9-23/h2-6,8-11,24-25H,7,12-23,26-27H2,1H3,(H,38,39,40);3-11,18-19H,12-17,20-21H2,1-2H3. The van der Waals surface area contributed by atoms with Crippen LogP contribution in [-0.2, 0) is 64.2 Å². The van der Waals surface area contributed by atoms with Gasteiger partial charge in [-0.15, -0.1) is 0 Å². The number of nitrogens with zero attached hydrogens (tertiary/aromatic N) is 11. The Morgan fingerprint density at radius 2 is 1.01 bits per heavy atom. The first-order chi connectivity index (χ1) is 42.6. The SMILES string of the molecule is Cc1cc(N2CCc3c(nc(NCCCN4CCOCC4)nc3N3CCN(C(=O)OCc4ccccc4)CC3)C2)c2ccccc2c1.Cc1cc(N2CCc3c(nc(S(C)=O)nc3N3CCN(C(=O)OCc4ccccc4)CC3)C2)c2ccccc2c1. The maximum atomic E-state index is 12.9. The monoisotopic (exact) mass is 1190 g/mol. The molecule has 0 radical (unpaired) electrons. The van der Waals surface area contributed by atoms with E-state index in [0.29, 0.717) is 70.0 Å². The van der Waals surface area contributed by atoms with Crippen molar-refractivity contribution in [1.82, 2.24) is 34.6 Å². The van der Waals surface area contributed by atoms with E-state index in [0.717, 1.165) is 118 Å². The van der Waals surface area contributed by atoms with Gasteiger partial charge in [0.1, 0.15) is 24.8 Å². The van der Waals surface area contributed by atoms with E-state index in [1.807, 2.05) is 65.6 Å². The Balaban J connectivity index is 0.000000172. The van der Waals surface area contributed by atoms with Gasteiger partial charge in [0.25, 0.3) is 0 Å². The van der Waals surface area contributed by atoms with E-state index < -0.39 is 10.8 Å². The summed E-state index contributed by atoms with van der Waals surface area (Å²) in [7, 11) is -1.31. The highest BCUT2D eigenvalue weighted by molar-refractivity contribution is 7.84. The number of fused-ring (bicyclic) bond motifs is 4. The van der Waals surface area contributed by atoms with Gasteiger partial charge in [0.2, 0.25) is 11.1 Å². The quantitative estimate of drug-likeness (QED) is 0.0807. The molecule has 0 spiro atoms. The molecular formula is C68H78N12O6S. The van der Waals surface area contributed by atoms with Crippen LogP contribution >= 0.6 is 0 Å². The van der Waals surface area contributed by atoms with E-state index in [-0.39, 0.29) is 25.4 Å². The maximum absolute atomic E-state index is 12.9. The summed E-state index contributed by atoms with van der Waals surface area (Å²) in [4.78, 5) is 60.8. The number of rotatable bonds is 14. The summed E-state index contributed by atoms with van der Waals surface area (Å²) in [5.74, 6) is 2.53. The first-order valence-corrected chi connectivity index (χ1v) is 32.2. The minimum Gasteiger partial charge on any atom is -0.445 e. The molecule has 13 rings (SSSR count). The molecule has 1 atom stereocenters. The van der Waals surface area contributed by atoms with Crippen molar-refractivity contribution in [3.8, 4) is 0 Å². The Kier molecular flexibility index (Phi) is 18.7. The zero-order chi connectivity index (χ0) is 59.6. The number of benzene rings is 6. The smallest absolute Gasteiger partial charge is 0.410 e. The molecule has 1 N–H and O–H groups in total. The second kappa shape index (κ2) is 27.5. The van der Waals surface area contributed by atoms with Gasteiger partial charge in [-0.3, -0.25) is 9.11 Å². The van der Waals surface area contributed by atoms with Gasteiger partial charge < -0.3 is 48.9 Å². The molecule has 7 heterocycles. The first-order valence-electron chi connectivity index (χ1n) is 30.6. The summed E-state index contributed by atoms with van der Waals surface area (Å²) < 4.78 is 29.2. The number of ether oxygens (including phenoxy) is 3. The van der Waals surface area contributed by atoms with E-state index in [1.165, 1.54) is 49.6 Å². The molecule has 3 fully saturated rings. The summed E-state index contributed by atoms with van der Waals surface area (Å²) in [6.07, 6.45) is 3.74. The largest absolute Gasteiger partial charge is 0.445 e. The van der Waals surface area contributed by atoms with Crippen LogP contribution in [0.2, 0.25) is 0 Å². The van der Waals surface area contributed by atoms with Crippen molar-refractivity contribution >= 4 is 73.5 Å². The molecule has 6 aromatic carbocycles. The van der Waals surface area contributed by atoms with Gasteiger partial charge in [0.05, 0.1) is 48.5 Å². The number of morpholine rings is 1. The third kappa shape index (κ3) is 14.2. The molecule has 0 saturated carbocycles.